The molecule has 148 valence electrons. The molecule has 1 aliphatic heterocycles. The molecule has 8 nitrogen and oxygen atoms in total. The van der Waals surface area contributed by atoms with E-state index in [1.54, 1.807) is 13.0 Å². The van der Waals surface area contributed by atoms with Gasteiger partial charge in [-0.25, -0.2) is 13.2 Å². The number of rotatable bonds is 5. The maximum Gasteiger partial charge on any atom is 0.343 e. The Morgan fingerprint density at radius 2 is 1.71 bits per heavy atom. The van der Waals surface area contributed by atoms with Crippen LogP contribution in [0.3, 0.4) is 0 Å². The molecule has 3 rings (SSSR count). The summed E-state index contributed by atoms with van der Waals surface area (Å²) in [7, 11) is -3.73. The second-order valence-corrected chi connectivity index (χ2v) is 8.21. The molecule has 1 aliphatic rings. The summed E-state index contributed by atoms with van der Waals surface area (Å²) in [5.41, 5.74) is 6.20. The van der Waals surface area contributed by atoms with Gasteiger partial charge in [0.1, 0.15) is 5.75 Å². The van der Waals surface area contributed by atoms with E-state index in [2.05, 4.69) is 0 Å². The Hall–Kier alpha value is -2.75. The van der Waals surface area contributed by atoms with Crippen LogP contribution in [-0.2, 0) is 14.8 Å². The molecule has 1 amide bonds. The van der Waals surface area contributed by atoms with Gasteiger partial charge in [0.05, 0.1) is 23.7 Å². The molecule has 0 radical (unpaired) electrons. The molecule has 0 atom stereocenters. The second-order valence-electron chi connectivity index (χ2n) is 6.27. The largest absolute Gasteiger partial charge is 0.423 e. The van der Waals surface area contributed by atoms with Crippen LogP contribution < -0.4 is 10.5 Å². The number of hydrogen-bond acceptors (Lipinski definition) is 6. The molecular formula is C19H20N2O6S. The van der Waals surface area contributed by atoms with E-state index in [4.69, 9.17) is 15.2 Å². The maximum atomic E-state index is 12.8. The Morgan fingerprint density at radius 3 is 2.32 bits per heavy atom. The summed E-state index contributed by atoms with van der Waals surface area (Å²) in [6, 6.07) is 10.1. The lowest BCUT2D eigenvalue weighted by atomic mass is 10.1. The molecule has 0 bridgehead atoms. The van der Waals surface area contributed by atoms with Crippen molar-refractivity contribution in [3.8, 4) is 5.75 Å². The highest BCUT2D eigenvalue weighted by Gasteiger charge is 2.27. The van der Waals surface area contributed by atoms with Crippen molar-refractivity contribution in [1.82, 2.24) is 4.31 Å². The molecule has 0 aromatic heterocycles. The van der Waals surface area contributed by atoms with Gasteiger partial charge in [-0.2, -0.15) is 4.31 Å². The van der Waals surface area contributed by atoms with Gasteiger partial charge < -0.3 is 15.2 Å². The third-order valence-electron chi connectivity index (χ3n) is 4.39. The molecule has 1 fully saturated rings. The topological polar surface area (TPSA) is 116 Å². The van der Waals surface area contributed by atoms with Gasteiger partial charge in [-0.3, -0.25) is 4.79 Å². The fourth-order valence-electron chi connectivity index (χ4n) is 2.77. The Bertz CT molecular complexity index is 996. The number of carbonyl (C=O) groups is 2. The van der Waals surface area contributed by atoms with Crippen LogP contribution in [0.25, 0.3) is 0 Å². The zero-order valence-corrected chi connectivity index (χ0v) is 16.1. The number of ether oxygens (including phenoxy) is 2. The van der Waals surface area contributed by atoms with Gasteiger partial charge in [-0.15, -0.1) is 0 Å². The lowest BCUT2D eigenvalue weighted by molar-refractivity contribution is 0.0727. The summed E-state index contributed by atoms with van der Waals surface area (Å²) in [5.74, 6) is -1.06. The average Bonchev–Trinajstić information content (AvgIpc) is 2.69. The Morgan fingerprint density at radius 1 is 1.07 bits per heavy atom. The number of morpholine rings is 1. The van der Waals surface area contributed by atoms with E-state index in [0.29, 0.717) is 18.8 Å². The molecule has 1 heterocycles. The highest BCUT2D eigenvalue weighted by Crippen LogP contribution is 2.22. The summed E-state index contributed by atoms with van der Waals surface area (Å²) < 4.78 is 37.4. The number of benzene rings is 2. The highest BCUT2D eigenvalue weighted by atomic mass is 32.2. The number of primary amides is 1. The van der Waals surface area contributed by atoms with Gasteiger partial charge in [-0.1, -0.05) is 6.07 Å². The number of nitrogens with zero attached hydrogens (tertiary/aromatic N) is 1. The van der Waals surface area contributed by atoms with E-state index < -0.39 is 21.9 Å². The van der Waals surface area contributed by atoms with E-state index in [-0.39, 0.29) is 34.9 Å². The number of hydrogen-bond donors (Lipinski definition) is 1. The van der Waals surface area contributed by atoms with Crippen LogP contribution in [0.4, 0.5) is 0 Å². The molecular weight excluding hydrogens is 384 g/mol. The van der Waals surface area contributed by atoms with E-state index in [1.165, 1.54) is 40.7 Å². The Labute approximate surface area is 162 Å². The summed E-state index contributed by atoms with van der Waals surface area (Å²) in [4.78, 5) is 23.7. The summed E-state index contributed by atoms with van der Waals surface area (Å²) in [6.07, 6.45) is 0. The van der Waals surface area contributed by atoms with E-state index in [1.807, 2.05) is 0 Å². The summed E-state index contributed by atoms with van der Waals surface area (Å²) >= 11 is 0. The molecule has 2 N–H and O–H groups in total. The van der Waals surface area contributed by atoms with Crippen molar-refractivity contribution in [2.45, 2.75) is 11.8 Å². The summed E-state index contributed by atoms with van der Waals surface area (Å²) in [6.45, 7) is 2.89. The minimum atomic E-state index is -3.73. The number of aryl methyl sites for hydroxylation is 1. The highest BCUT2D eigenvalue weighted by molar-refractivity contribution is 7.89. The molecule has 9 heteroatoms. The lowest BCUT2D eigenvalue weighted by Gasteiger charge is -2.26. The van der Waals surface area contributed by atoms with Crippen molar-refractivity contribution >= 4 is 21.9 Å². The summed E-state index contributed by atoms with van der Waals surface area (Å²) in [5, 5.41) is 0. The van der Waals surface area contributed by atoms with Crippen molar-refractivity contribution in [2.24, 2.45) is 5.73 Å². The molecule has 0 aliphatic carbocycles. The molecule has 2 aromatic carbocycles. The van der Waals surface area contributed by atoms with Crippen LogP contribution in [0.2, 0.25) is 0 Å². The van der Waals surface area contributed by atoms with Crippen LogP contribution in [-0.4, -0.2) is 50.9 Å². The monoisotopic (exact) mass is 404 g/mol. The SMILES string of the molecule is Cc1ccc(S(=O)(=O)N2CCOCC2)cc1C(=O)Oc1ccc(C(N)=O)cc1. The number of carbonyl (C=O) groups excluding carboxylic acids is 2. The molecule has 0 unspecified atom stereocenters. The van der Waals surface area contributed by atoms with E-state index >= 15 is 0 Å². The van der Waals surface area contributed by atoms with Gasteiger partial charge in [0.25, 0.3) is 0 Å². The van der Waals surface area contributed by atoms with Gasteiger partial charge in [0, 0.05) is 18.7 Å². The van der Waals surface area contributed by atoms with E-state index in [0.717, 1.165) is 0 Å². The van der Waals surface area contributed by atoms with Crippen LogP contribution in [0.1, 0.15) is 26.3 Å². The smallest absolute Gasteiger partial charge is 0.343 e. The fourth-order valence-corrected chi connectivity index (χ4v) is 4.20. The number of esters is 1. The predicted octanol–water partition coefficient (Wildman–Crippen LogP) is 1.33. The molecule has 28 heavy (non-hydrogen) atoms. The Kier molecular flexibility index (Phi) is 5.78. The first-order chi connectivity index (χ1) is 13.3. The van der Waals surface area contributed by atoms with Crippen LogP contribution in [0, 0.1) is 6.92 Å². The molecule has 1 saturated heterocycles. The van der Waals surface area contributed by atoms with Crippen molar-refractivity contribution in [2.75, 3.05) is 26.3 Å². The van der Waals surface area contributed by atoms with Gasteiger partial charge in [0.15, 0.2) is 0 Å². The van der Waals surface area contributed by atoms with Crippen molar-refractivity contribution in [3.05, 3.63) is 59.2 Å². The van der Waals surface area contributed by atoms with Crippen molar-refractivity contribution in [1.29, 1.82) is 0 Å². The van der Waals surface area contributed by atoms with Crippen LogP contribution in [0.5, 0.6) is 5.75 Å². The fraction of sp³-hybridized carbons (Fsp3) is 0.263. The van der Waals surface area contributed by atoms with Crippen LogP contribution in [0.15, 0.2) is 47.4 Å². The average molecular weight is 404 g/mol. The number of sulfonamides is 1. The molecule has 0 saturated carbocycles. The minimum Gasteiger partial charge on any atom is -0.423 e. The second kappa shape index (κ2) is 8.09. The Balaban J connectivity index is 1.84. The van der Waals surface area contributed by atoms with Crippen molar-refractivity contribution < 1.29 is 27.5 Å². The normalized spacial score (nSPS) is 15.2. The van der Waals surface area contributed by atoms with E-state index in [9.17, 15) is 18.0 Å². The maximum absolute atomic E-state index is 12.8. The quantitative estimate of drug-likeness (QED) is 0.594. The number of amides is 1. The minimum absolute atomic E-state index is 0.0241. The lowest BCUT2D eigenvalue weighted by Crippen LogP contribution is -2.40. The van der Waals surface area contributed by atoms with Gasteiger partial charge in [-0.05, 0) is 48.9 Å². The third-order valence-corrected chi connectivity index (χ3v) is 6.28. The van der Waals surface area contributed by atoms with Crippen LogP contribution >= 0.6 is 0 Å². The third kappa shape index (κ3) is 4.22. The van der Waals surface area contributed by atoms with Gasteiger partial charge >= 0.3 is 5.97 Å². The first kappa shape index (κ1) is 20.0. The zero-order chi connectivity index (χ0) is 20.3. The standard InChI is InChI=1S/C19H20N2O6S/c1-13-2-7-16(28(24,25)21-8-10-26-11-9-21)12-17(13)19(23)27-15-5-3-14(4-6-15)18(20)22/h2-7,12H,8-11H2,1H3,(H2,20,22). The molecule has 0 spiro atoms. The number of nitrogens with two attached hydrogens (primary N) is 1. The zero-order valence-electron chi connectivity index (χ0n) is 15.3. The first-order valence-electron chi connectivity index (χ1n) is 8.59. The van der Waals surface area contributed by atoms with Gasteiger partial charge in [0.2, 0.25) is 15.9 Å². The first-order valence-corrected chi connectivity index (χ1v) is 10.0. The molecule has 2 aromatic rings. The van der Waals surface area contributed by atoms with Crippen molar-refractivity contribution in [3.63, 3.8) is 0 Å². The predicted molar refractivity (Wildman–Crippen MR) is 101 cm³/mol.